The van der Waals surface area contributed by atoms with Gasteiger partial charge in [0.15, 0.2) is 0 Å². The van der Waals surface area contributed by atoms with Crippen LogP contribution in [0.2, 0.25) is 5.02 Å². The van der Waals surface area contributed by atoms with Crippen molar-refractivity contribution in [3.63, 3.8) is 0 Å². The van der Waals surface area contributed by atoms with E-state index in [0.717, 1.165) is 0 Å². The van der Waals surface area contributed by atoms with Crippen LogP contribution in [0.5, 0.6) is 5.75 Å². The molecule has 14 heavy (non-hydrogen) atoms. The first kappa shape index (κ1) is 11.6. The van der Waals surface area contributed by atoms with Gasteiger partial charge in [-0.25, -0.2) is 8.42 Å². The fourth-order valence-electron chi connectivity index (χ4n) is 1.02. The summed E-state index contributed by atoms with van der Waals surface area (Å²) in [5.74, 6) is 0.149. The zero-order valence-corrected chi connectivity index (χ0v) is 9.87. The van der Waals surface area contributed by atoms with Gasteiger partial charge < -0.3 is 4.74 Å². The van der Waals surface area contributed by atoms with E-state index in [-0.39, 0.29) is 15.7 Å². The number of aryl methyl sites for hydroxylation is 1. The summed E-state index contributed by atoms with van der Waals surface area (Å²) in [5, 5.41) is 0.0966. The molecular formula is C8H8Cl2O3S. The Balaban J connectivity index is 3.60. The van der Waals surface area contributed by atoms with E-state index in [1.165, 1.54) is 13.2 Å². The lowest BCUT2D eigenvalue weighted by molar-refractivity contribution is 0.403. The van der Waals surface area contributed by atoms with Crippen LogP contribution < -0.4 is 4.74 Å². The molecule has 6 heteroatoms. The third-order valence-corrected chi connectivity index (χ3v) is 3.67. The molecule has 0 bridgehead atoms. The molecule has 0 aliphatic heterocycles. The van der Waals surface area contributed by atoms with Gasteiger partial charge in [0.2, 0.25) is 0 Å². The van der Waals surface area contributed by atoms with Gasteiger partial charge >= 0.3 is 0 Å². The maximum absolute atomic E-state index is 11.2. The van der Waals surface area contributed by atoms with Crippen molar-refractivity contribution in [3.05, 3.63) is 22.7 Å². The molecule has 0 unspecified atom stereocenters. The predicted octanol–water partition coefficient (Wildman–Crippen LogP) is 2.58. The van der Waals surface area contributed by atoms with Crippen LogP contribution >= 0.6 is 22.3 Å². The fraction of sp³-hybridized carbons (Fsp3) is 0.250. The third kappa shape index (κ3) is 2.13. The first-order valence-corrected chi connectivity index (χ1v) is 6.34. The summed E-state index contributed by atoms with van der Waals surface area (Å²) in [7, 11) is 2.70. The molecule has 0 atom stereocenters. The first-order valence-electron chi connectivity index (χ1n) is 3.65. The van der Waals surface area contributed by atoms with E-state index < -0.39 is 9.05 Å². The van der Waals surface area contributed by atoms with E-state index >= 15 is 0 Å². The van der Waals surface area contributed by atoms with Crippen LogP contribution in [0.1, 0.15) is 5.56 Å². The molecule has 0 saturated heterocycles. The number of halogens is 2. The molecule has 0 heterocycles. The Morgan fingerprint density at radius 3 is 2.36 bits per heavy atom. The summed E-state index contributed by atoms with van der Waals surface area (Å²) in [5.41, 5.74) is 0.631. The zero-order chi connectivity index (χ0) is 10.9. The Labute approximate surface area is 92.0 Å². The molecule has 0 radical (unpaired) electrons. The molecule has 1 aromatic rings. The van der Waals surface area contributed by atoms with Crippen LogP contribution in [-0.2, 0) is 9.05 Å². The SMILES string of the molecule is COc1ccc(C)c(Cl)c1S(=O)(=O)Cl. The van der Waals surface area contributed by atoms with Crippen LogP contribution in [0.25, 0.3) is 0 Å². The Kier molecular flexibility index (Phi) is 3.29. The van der Waals surface area contributed by atoms with Gasteiger partial charge in [-0.05, 0) is 18.6 Å². The van der Waals surface area contributed by atoms with Crippen molar-refractivity contribution in [1.29, 1.82) is 0 Å². The summed E-state index contributed by atoms with van der Waals surface area (Å²) in [6.45, 7) is 1.69. The molecule has 3 nitrogen and oxygen atoms in total. The highest BCUT2D eigenvalue weighted by Gasteiger charge is 2.21. The normalized spacial score (nSPS) is 11.4. The maximum atomic E-state index is 11.2. The molecule has 1 aromatic carbocycles. The zero-order valence-electron chi connectivity index (χ0n) is 7.54. The number of rotatable bonds is 2. The van der Waals surface area contributed by atoms with Crippen LogP contribution in [0.4, 0.5) is 0 Å². The van der Waals surface area contributed by atoms with Gasteiger partial charge in [-0.1, -0.05) is 17.7 Å². The summed E-state index contributed by atoms with van der Waals surface area (Å²) < 4.78 is 27.2. The van der Waals surface area contributed by atoms with Crippen molar-refractivity contribution in [2.24, 2.45) is 0 Å². The lowest BCUT2D eigenvalue weighted by atomic mass is 10.2. The number of hydrogen-bond acceptors (Lipinski definition) is 3. The molecule has 78 valence electrons. The first-order chi connectivity index (χ1) is 6.38. The summed E-state index contributed by atoms with van der Waals surface area (Å²) >= 11 is 5.82. The molecule has 0 amide bonds. The molecule has 0 aliphatic rings. The van der Waals surface area contributed by atoms with Gasteiger partial charge in [-0.3, -0.25) is 0 Å². The second-order valence-corrected chi connectivity index (χ2v) is 5.55. The van der Waals surface area contributed by atoms with Gasteiger partial charge in [0.05, 0.1) is 12.1 Å². The number of ether oxygens (including phenoxy) is 1. The minimum Gasteiger partial charge on any atom is -0.495 e. The van der Waals surface area contributed by atoms with Gasteiger partial charge in [-0.2, -0.15) is 0 Å². The smallest absolute Gasteiger partial charge is 0.266 e. The minimum absolute atomic E-state index is 0.0966. The highest BCUT2D eigenvalue weighted by Crippen LogP contribution is 2.35. The van der Waals surface area contributed by atoms with Crippen molar-refractivity contribution >= 4 is 31.3 Å². The lowest BCUT2D eigenvalue weighted by Crippen LogP contribution is -1.98. The molecule has 0 saturated carbocycles. The Bertz CT molecular complexity index is 454. The van der Waals surface area contributed by atoms with Gasteiger partial charge in [-0.15, -0.1) is 0 Å². The van der Waals surface area contributed by atoms with Crippen molar-refractivity contribution in [3.8, 4) is 5.75 Å². The Morgan fingerprint density at radius 1 is 1.36 bits per heavy atom. The van der Waals surface area contributed by atoms with Crippen molar-refractivity contribution in [2.75, 3.05) is 7.11 Å². The second-order valence-electron chi connectivity index (χ2n) is 2.67. The average molecular weight is 255 g/mol. The van der Waals surface area contributed by atoms with Crippen LogP contribution in [-0.4, -0.2) is 15.5 Å². The summed E-state index contributed by atoms with van der Waals surface area (Å²) in [6.07, 6.45) is 0. The number of hydrogen-bond donors (Lipinski definition) is 0. The lowest BCUT2D eigenvalue weighted by Gasteiger charge is -2.08. The second kappa shape index (κ2) is 3.96. The highest BCUT2D eigenvalue weighted by atomic mass is 35.7. The maximum Gasteiger partial charge on any atom is 0.266 e. The van der Waals surface area contributed by atoms with Crippen LogP contribution in [0.3, 0.4) is 0 Å². The molecule has 0 aliphatic carbocycles. The van der Waals surface area contributed by atoms with Gasteiger partial charge in [0, 0.05) is 10.7 Å². The molecule has 0 N–H and O–H groups in total. The molecular weight excluding hydrogens is 247 g/mol. The fourth-order valence-corrected chi connectivity index (χ4v) is 2.83. The number of benzene rings is 1. The molecule has 0 aromatic heterocycles. The van der Waals surface area contributed by atoms with E-state index in [1.807, 2.05) is 0 Å². The third-order valence-electron chi connectivity index (χ3n) is 1.72. The Hall–Kier alpha value is -0.450. The number of methoxy groups -OCH3 is 1. The standard InChI is InChI=1S/C8H8Cl2O3S/c1-5-3-4-6(13-2)8(7(5)9)14(10,11)12/h3-4H,1-2H3. The van der Waals surface area contributed by atoms with E-state index in [2.05, 4.69) is 0 Å². The molecule has 0 spiro atoms. The van der Waals surface area contributed by atoms with Gasteiger partial charge in [0.25, 0.3) is 9.05 Å². The van der Waals surface area contributed by atoms with Gasteiger partial charge in [0.1, 0.15) is 10.6 Å². The van der Waals surface area contributed by atoms with E-state index in [9.17, 15) is 8.42 Å². The topological polar surface area (TPSA) is 43.4 Å². The summed E-state index contributed by atoms with van der Waals surface area (Å²) in [6, 6.07) is 3.17. The Morgan fingerprint density at radius 2 is 1.93 bits per heavy atom. The van der Waals surface area contributed by atoms with Crippen molar-refractivity contribution in [1.82, 2.24) is 0 Å². The van der Waals surface area contributed by atoms with Crippen molar-refractivity contribution < 1.29 is 13.2 Å². The average Bonchev–Trinajstić information content (AvgIpc) is 2.07. The van der Waals surface area contributed by atoms with Crippen LogP contribution in [0, 0.1) is 6.92 Å². The predicted molar refractivity (Wildman–Crippen MR) is 55.8 cm³/mol. The van der Waals surface area contributed by atoms with E-state index in [1.54, 1.807) is 13.0 Å². The van der Waals surface area contributed by atoms with E-state index in [4.69, 9.17) is 27.0 Å². The van der Waals surface area contributed by atoms with Crippen molar-refractivity contribution in [2.45, 2.75) is 11.8 Å². The largest absolute Gasteiger partial charge is 0.495 e. The monoisotopic (exact) mass is 254 g/mol. The minimum atomic E-state index is -3.88. The quantitative estimate of drug-likeness (QED) is 0.763. The van der Waals surface area contributed by atoms with E-state index in [0.29, 0.717) is 5.56 Å². The molecule has 0 fully saturated rings. The summed E-state index contributed by atoms with van der Waals surface area (Å²) in [4.78, 5) is -0.177. The van der Waals surface area contributed by atoms with Crippen LogP contribution in [0.15, 0.2) is 17.0 Å². The molecule has 1 rings (SSSR count). The highest BCUT2D eigenvalue weighted by molar-refractivity contribution is 8.14.